The molecule has 0 fully saturated rings. The van der Waals surface area contributed by atoms with Crippen LogP contribution < -0.4 is 4.74 Å². The highest BCUT2D eigenvalue weighted by atomic mass is 32.3. The van der Waals surface area contributed by atoms with Crippen LogP contribution in [0.1, 0.15) is 13.3 Å². The summed E-state index contributed by atoms with van der Waals surface area (Å²) in [4.78, 5) is 10.4. The number of halogens is 1. The quantitative estimate of drug-likeness (QED) is 0.451. The highest BCUT2D eigenvalue weighted by molar-refractivity contribution is 7.86. The van der Waals surface area contributed by atoms with Crippen LogP contribution in [0.3, 0.4) is 0 Å². The molecule has 0 heterocycles. The highest BCUT2D eigenvalue weighted by Crippen LogP contribution is 2.17. The smallest absolute Gasteiger partial charge is 0.332 e. The fourth-order valence-electron chi connectivity index (χ4n) is 0.874. The molecule has 0 aliphatic heterocycles. The van der Waals surface area contributed by atoms with Crippen molar-refractivity contribution in [3.05, 3.63) is 24.3 Å². The van der Waals surface area contributed by atoms with E-state index in [0.717, 1.165) is 12.1 Å². The summed E-state index contributed by atoms with van der Waals surface area (Å²) >= 11 is 0. The van der Waals surface area contributed by atoms with E-state index in [9.17, 15) is 17.1 Å². The molecule has 0 saturated heterocycles. The number of carbonyl (C=O) groups is 1. The maximum absolute atomic E-state index is 12.4. The Morgan fingerprint density at radius 2 is 1.87 bits per heavy atom. The van der Waals surface area contributed by atoms with Gasteiger partial charge in [0.25, 0.3) is 0 Å². The van der Waals surface area contributed by atoms with E-state index in [0.29, 0.717) is 0 Å². The molecule has 0 amide bonds. The van der Waals surface area contributed by atoms with E-state index in [1.165, 1.54) is 12.1 Å². The standard InChI is InChI=1S/C9H9FO4S/c1-2-9(11)14-7-3-5-8(6-4-7)15(10,12)13/h3-6H,2H2,1H3. The van der Waals surface area contributed by atoms with Crippen molar-refractivity contribution in [3.63, 3.8) is 0 Å². The number of hydrogen-bond acceptors (Lipinski definition) is 4. The molecule has 0 aliphatic carbocycles. The minimum absolute atomic E-state index is 0.189. The molecule has 0 N–H and O–H groups in total. The fraction of sp³-hybridized carbons (Fsp3) is 0.222. The van der Waals surface area contributed by atoms with Gasteiger partial charge in [-0.2, -0.15) is 8.42 Å². The number of ether oxygens (including phenoxy) is 1. The average molecular weight is 232 g/mol. The summed E-state index contributed by atoms with van der Waals surface area (Å²) in [6.07, 6.45) is 0.211. The zero-order valence-electron chi connectivity index (χ0n) is 7.94. The molecule has 4 nitrogen and oxygen atoms in total. The van der Waals surface area contributed by atoms with Crippen molar-refractivity contribution in [2.45, 2.75) is 18.2 Å². The van der Waals surface area contributed by atoms with Crippen LogP contribution in [0.25, 0.3) is 0 Å². The number of benzene rings is 1. The number of hydrogen-bond donors (Lipinski definition) is 0. The first-order valence-corrected chi connectivity index (χ1v) is 5.57. The monoisotopic (exact) mass is 232 g/mol. The van der Waals surface area contributed by atoms with Gasteiger partial charge in [0.1, 0.15) is 5.75 Å². The lowest BCUT2D eigenvalue weighted by Gasteiger charge is -2.02. The van der Waals surface area contributed by atoms with Crippen LogP contribution in [-0.4, -0.2) is 14.4 Å². The molecule has 0 radical (unpaired) electrons. The first kappa shape index (κ1) is 11.6. The Morgan fingerprint density at radius 3 is 2.27 bits per heavy atom. The number of rotatable bonds is 3. The van der Waals surface area contributed by atoms with E-state index in [1.54, 1.807) is 6.92 Å². The Bertz CT molecular complexity index is 450. The third-order valence-electron chi connectivity index (χ3n) is 1.63. The molecular weight excluding hydrogens is 223 g/mol. The Morgan fingerprint density at radius 1 is 1.33 bits per heavy atom. The van der Waals surface area contributed by atoms with Gasteiger partial charge in [0.2, 0.25) is 0 Å². The van der Waals surface area contributed by atoms with Crippen LogP contribution >= 0.6 is 0 Å². The zero-order chi connectivity index (χ0) is 11.5. The molecule has 1 rings (SSSR count). The van der Waals surface area contributed by atoms with Gasteiger partial charge in [-0.3, -0.25) is 4.79 Å². The summed E-state index contributed by atoms with van der Waals surface area (Å²) in [7, 11) is -4.69. The van der Waals surface area contributed by atoms with Gasteiger partial charge in [-0.05, 0) is 24.3 Å². The van der Waals surface area contributed by atoms with E-state index >= 15 is 0 Å². The average Bonchev–Trinajstić information content (AvgIpc) is 2.17. The van der Waals surface area contributed by atoms with Gasteiger partial charge >= 0.3 is 16.2 Å². The lowest BCUT2D eigenvalue weighted by molar-refractivity contribution is -0.134. The molecule has 82 valence electrons. The SMILES string of the molecule is CCC(=O)Oc1ccc(S(=O)(=O)F)cc1. The Hall–Kier alpha value is -1.43. The van der Waals surface area contributed by atoms with Crippen LogP contribution in [0.5, 0.6) is 5.75 Å². The summed E-state index contributed by atoms with van der Waals surface area (Å²) in [5.41, 5.74) is 0. The number of carbonyl (C=O) groups excluding carboxylic acids is 1. The van der Waals surface area contributed by atoms with Crippen molar-refractivity contribution in [1.29, 1.82) is 0 Å². The Balaban J connectivity index is 2.86. The minimum atomic E-state index is -4.69. The molecule has 0 saturated carbocycles. The molecule has 0 bridgehead atoms. The van der Waals surface area contributed by atoms with Crippen molar-refractivity contribution >= 4 is 16.2 Å². The third-order valence-corrected chi connectivity index (χ3v) is 2.46. The van der Waals surface area contributed by atoms with Crippen molar-refractivity contribution in [2.24, 2.45) is 0 Å². The van der Waals surface area contributed by atoms with Gasteiger partial charge in [-0.1, -0.05) is 6.92 Å². The second kappa shape index (κ2) is 4.39. The molecule has 1 aromatic rings. The molecule has 0 aromatic heterocycles. The lowest BCUT2D eigenvalue weighted by Crippen LogP contribution is -2.05. The van der Waals surface area contributed by atoms with Gasteiger partial charge in [-0.15, -0.1) is 3.89 Å². The second-order valence-electron chi connectivity index (χ2n) is 2.74. The van der Waals surface area contributed by atoms with Gasteiger partial charge in [0.05, 0.1) is 4.90 Å². The zero-order valence-corrected chi connectivity index (χ0v) is 8.75. The molecule has 1 aromatic carbocycles. The second-order valence-corrected chi connectivity index (χ2v) is 4.08. The van der Waals surface area contributed by atoms with Crippen LogP contribution in [0.2, 0.25) is 0 Å². The molecule has 0 atom stereocenters. The van der Waals surface area contributed by atoms with Crippen LogP contribution in [0.15, 0.2) is 29.2 Å². The summed E-state index contributed by atoms with van der Waals surface area (Å²) in [5.74, 6) is -0.250. The number of esters is 1. The van der Waals surface area contributed by atoms with Gasteiger partial charge in [0, 0.05) is 6.42 Å². The molecule has 15 heavy (non-hydrogen) atoms. The molecule has 6 heteroatoms. The van der Waals surface area contributed by atoms with Crippen LogP contribution in [0, 0.1) is 0 Å². The normalized spacial score (nSPS) is 11.1. The van der Waals surface area contributed by atoms with Gasteiger partial charge < -0.3 is 4.74 Å². The largest absolute Gasteiger partial charge is 0.427 e. The summed E-state index contributed by atoms with van der Waals surface area (Å²) in [6.45, 7) is 1.63. The third kappa shape index (κ3) is 3.32. The lowest BCUT2D eigenvalue weighted by atomic mass is 10.3. The van der Waals surface area contributed by atoms with E-state index < -0.39 is 21.1 Å². The van der Waals surface area contributed by atoms with E-state index in [4.69, 9.17) is 4.74 Å². The Labute approximate surface area is 86.9 Å². The van der Waals surface area contributed by atoms with Crippen molar-refractivity contribution in [2.75, 3.05) is 0 Å². The fourth-order valence-corrected chi connectivity index (χ4v) is 1.34. The maximum atomic E-state index is 12.4. The predicted molar refractivity (Wildman–Crippen MR) is 50.7 cm³/mol. The van der Waals surface area contributed by atoms with Crippen molar-refractivity contribution < 1.29 is 21.8 Å². The first-order valence-electron chi connectivity index (χ1n) is 4.19. The van der Waals surface area contributed by atoms with Crippen molar-refractivity contribution in [1.82, 2.24) is 0 Å². The Kier molecular flexibility index (Phi) is 3.41. The summed E-state index contributed by atoms with van der Waals surface area (Å²) < 4.78 is 38.1. The molecule has 0 aliphatic rings. The molecular formula is C9H9FO4S. The van der Waals surface area contributed by atoms with Crippen molar-refractivity contribution in [3.8, 4) is 5.75 Å². The van der Waals surface area contributed by atoms with Gasteiger partial charge in [-0.25, -0.2) is 0 Å². The topological polar surface area (TPSA) is 60.4 Å². The summed E-state index contributed by atoms with van der Waals surface area (Å²) in [6, 6.07) is 4.52. The van der Waals surface area contributed by atoms with Crippen LogP contribution in [-0.2, 0) is 15.0 Å². The minimum Gasteiger partial charge on any atom is -0.427 e. The molecule has 0 spiro atoms. The molecule has 0 unspecified atom stereocenters. The van der Waals surface area contributed by atoms with Gasteiger partial charge in [0.15, 0.2) is 0 Å². The van der Waals surface area contributed by atoms with E-state index in [1.807, 2.05) is 0 Å². The predicted octanol–water partition coefficient (Wildman–Crippen LogP) is 1.66. The maximum Gasteiger partial charge on any atom is 0.332 e. The van der Waals surface area contributed by atoms with Crippen LogP contribution in [0.4, 0.5) is 3.89 Å². The first-order chi connectivity index (χ1) is 6.93. The van der Waals surface area contributed by atoms with E-state index in [-0.39, 0.29) is 12.2 Å². The summed E-state index contributed by atoms with van der Waals surface area (Å²) in [5, 5.41) is 0. The highest BCUT2D eigenvalue weighted by Gasteiger charge is 2.11. The van der Waals surface area contributed by atoms with E-state index in [2.05, 4.69) is 0 Å².